The highest BCUT2D eigenvalue weighted by Gasteiger charge is 2.03. The summed E-state index contributed by atoms with van der Waals surface area (Å²) in [5.41, 5.74) is 1.62. The number of phenols is 1. The average Bonchev–Trinajstić information content (AvgIpc) is 2.46. The van der Waals surface area contributed by atoms with Crippen molar-refractivity contribution in [3.8, 4) is 5.75 Å². The van der Waals surface area contributed by atoms with Crippen molar-refractivity contribution in [1.82, 2.24) is 0 Å². The SMILES string of the molecule is O=C(CNc1ccc(O)cc1)OCc1ccc(Cl)cc1. The van der Waals surface area contributed by atoms with E-state index in [9.17, 15) is 4.79 Å². The van der Waals surface area contributed by atoms with Crippen LogP contribution in [0.1, 0.15) is 5.56 Å². The Bertz CT molecular complexity index is 515. The molecule has 0 fully saturated rings. The quantitative estimate of drug-likeness (QED) is 0.656. The number of benzene rings is 2. The van der Waals surface area contributed by atoms with Gasteiger partial charge in [0.2, 0.25) is 0 Å². The number of hydrogen-bond donors (Lipinski definition) is 2. The van der Waals surface area contributed by atoms with Crippen LogP contribution in [0.2, 0.25) is 5.02 Å². The largest absolute Gasteiger partial charge is 0.508 e. The highest BCUT2D eigenvalue weighted by molar-refractivity contribution is 6.30. The Morgan fingerprint density at radius 3 is 2.40 bits per heavy atom. The number of aromatic hydroxyl groups is 1. The maximum absolute atomic E-state index is 11.6. The highest BCUT2D eigenvalue weighted by Crippen LogP contribution is 2.13. The Morgan fingerprint density at radius 1 is 1.10 bits per heavy atom. The summed E-state index contributed by atoms with van der Waals surface area (Å²) < 4.78 is 5.12. The summed E-state index contributed by atoms with van der Waals surface area (Å²) >= 11 is 5.77. The van der Waals surface area contributed by atoms with Crippen molar-refractivity contribution in [2.45, 2.75) is 6.61 Å². The van der Waals surface area contributed by atoms with Gasteiger partial charge in [-0.25, -0.2) is 0 Å². The van der Waals surface area contributed by atoms with E-state index in [2.05, 4.69) is 5.32 Å². The van der Waals surface area contributed by atoms with Crippen LogP contribution in [-0.2, 0) is 16.1 Å². The summed E-state index contributed by atoms with van der Waals surface area (Å²) in [5.74, 6) is -0.172. The number of carbonyl (C=O) groups excluding carboxylic acids is 1. The molecule has 0 aliphatic heterocycles. The third-order valence-electron chi connectivity index (χ3n) is 2.62. The monoisotopic (exact) mass is 291 g/mol. The molecule has 2 rings (SSSR count). The van der Waals surface area contributed by atoms with Gasteiger partial charge in [-0.3, -0.25) is 4.79 Å². The topological polar surface area (TPSA) is 58.6 Å². The zero-order valence-electron chi connectivity index (χ0n) is 10.7. The minimum Gasteiger partial charge on any atom is -0.508 e. The third-order valence-corrected chi connectivity index (χ3v) is 2.87. The molecule has 0 amide bonds. The molecular weight excluding hydrogens is 278 g/mol. The minimum atomic E-state index is -0.354. The second-order valence-electron chi connectivity index (χ2n) is 4.19. The number of ether oxygens (including phenoxy) is 1. The van der Waals surface area contributed by atoms with Crippen molar-refractivity contribution in [3.05, 3.63) is 59.1 Å². The minimum absolute atomic E-state index is 0.0678. The normalized spacial score (nSPS) is 10.1. The summed E-state index contributed by atoms with van der Waals surface area (Å²) in [6.07, 6.45) is 0. The van der Waals surface area contributed by atoms with E-state index < -0.39 is 0 Å². The van der Waals surface area contributed by atoms with Gasteiger partial charge in [-0.05, 0) is 42.0 Å². The molecule has 0 heterocycles. The second-order valence-corrected chi connectivity index (χ2v) is 4.62. The molecule has 0 atom stereocenters. The standard InChI is InChI=1S/C15H14ClNO3/c16-12-3-1-11(2-4-12)10-20-15(19)9-17-13-5-7-14(18)8-6-13/h1-8,17-18H,9-10H2. The van der Waals surface area contributed by atoms with Crippen LogP contribution in [0, 0.1) is 0 Å². The average molecular weight is 292 g/mol. The first-order valence-corrected chi connectivity index (χ1v) is 6.44. The Labute approximate surface area is 122 Å². The zero-order valence-corrected chi connectivity index (χ0v) is 11.4. The van der Waals surface area contributed by atoms with Crippen LogP contribution in [0.5, 0.6) is 5.75 Å². The van der Waals surface area contributed by atoms with Gasteiger partial charge in [0.1, 0.15) is 18.9 Å². The Morgan fingerprint density at radius 2 is 1.75 bits per heavy atom. The van der Waals surface area contributed by atoms with E-state index in [-0.39, 0.29) is 24.9 Å². The van der Waals surface area contributed by atoms with Gasteiger partial charge < -0.3 is 15.2 Å². The Kier molecular flexibility index (Phi) is 4.85. The van der Waals surface area contributed by atoms with Crippen LogP contribution in [-0.4, -0.2) is 17.6 Å². The molecule has 20 heavy (non-hydrogen) atoms. The van der Waals surface area contributed by atoms with Crippen LogP contribution in [0.15, 0.2) is 48.5 Å². The number of nitrogens with one attached hydrogen (secondary N) is 1. The smallest absolute Gasteiger partial charge is 0.325 e. The summed E-state index contributed by atoms with van der Waals surface area (Å²) in [7, 11) is 0. The molecule has 0 aliphatic rings. The summed E-state index contributed by atoms with van der Waals surface area (Å²) in [6, 6.07) is 13.6. The number of esters is 1. The van der Waals surface area contributed by atoms with Crippen molar-refractivity contribution >= 4 is 23.3 Å². The van der Waals surface area contributed by atoms with Gasteiger partial charge in [-0.15, -0.1) is 0 Å². The number of carbonyl (C=O) groups is 1. The van der Waals surface area contributed by atoms with E-state index in [1.165, 1.54) is 0 Å². The molecule has 0 saturated carbocycles. The van der Waals surface area contributed by atoms with Crippen molar-refractivity contribution in [2.24, 2.45) is 0 Å². The zero-order chi connectivity index (χ0) is 14.4. The van der Waals surface area contributed by atoms with Gasteiger partial charge in [0.25, 0.3) is 0 Å². The molecule has 4 nitrogen and oxygen atoms in total. The van der Waals surface area contributed by atoms with E-state index >= 15 is 0 Å². The number of phenolic OH excluding ortho intramolecular Hbond substituents is 1. The van der Waals surface area contributed by atoms with E-state index in [4.69, 9.17) is 21.4 Å². The molecule has 104 valence electrons. The van der Waals surface area contributed by atoms with Crippen molar-refractivity contribution in [2.75, 3.05) is 11.9 Å². The van der Waals surface area contributed by atoms with Gasteiger partial charge in [-0.1, -0.05) is 23.7 Å². The highest BCUT2D eigenvalue weighted by atomic mass is 35.5. The van der Waals surface area contributed by atoms with Gasteiger partial charge in [0, 0.05) is 10.7 Å². The Hall–Kier alpha value is -2.20. The molecular formula is C15H14ClNO3. The third kappa shape index (κ3) is 4.48. The maximum Gasteiger partial charge on any atom is 0.325 e. The molecule has 2 aromatic carbocycles. The number of anilines is 1. The van der Waals surface area contributed by atoms with Gasteiger partial charge >= 0.3 is 5.97 Å². The lowest BCUT2D eigenvalue weighted by atomic mass is 10.2. The van der Waals surface area contributed by atoms with E-state index in [1.807, 2.05) is 12.1 Å². The number of halogens is 1. The lowest BCUT2D eigenvalue weighted by Gasteiger charge is -2.07. The molecule has 0 aliphatic carbocycles. The predicted molar refractivity (Wildman–Crippen MR) is 77.8 cm³/mol. The summed E-state index contributed by atoms with van der Waals surface area (Å²) in [4.78, 5) is 11.6. The molecule has 0 saturated heterocycles. The fourth-order valence-electron chi connectivity index (χ4n) is 1.55. The molecule has 2 N–H and O–H groups in total. The second kappa shape index (κ2) is 6.82. The van der Waals surface area contributed by atoms with E-state index in [1.54, 1.807) is 36.4 Å². The lowest BCUT2D eigenvalue weighted by molar-refractivity contribution is -0.142. The van der Waals surface area contributed by atoms with Crippen molar-refractivity contribution < 1.29 is 14.6 Å². The molecule has 5 heteroatoms. The maximum atomic E-state index is 11.6. The molecule has 0 bridgehead atoms. The predicted octanol–water partition coefficient (Wildman–Crippen LogP) is 3.20. The first-order chi connectivity index (χ1) is 9.63. The fraction of sp³-hybridized carbons (Fsp3) is 0.133. The van der Waals surface area contributed by atoms with Crippen LogP contribution in [0.3, 0.4) is 0 Å². The van der Waals surface area contributed by atoms with E-state index in [0.717, 1.165) is 11.3 Å². The van der Waals surface area contributed by atoms with Gasteiger partial charge in [0.05, 0.1) is 0 Å². The number of hydrogen-bond acceptors (Lipinski definition) is 4. The van der Waals surface area contributed by atoms with Crippen molar-refractivity contribution in [3.63, 3.8) is 0 Å². The van der Waals surface area contributed by atoms with Crippen LogP contribution < -0.4 is 5.32 Å². The molecule has 2 aromatic rings. The molecule has 0 spiro atoms. The first kappa shape index (κ1) is 14.2. The molecule has 0 radical (unpaired) electrons. The van der Waals surface area contributed by atoms with Crippen LogP contribution >= 0.6 is 11.6 Å². The summed E-state index contributed by atoms with van der Waals surface area (Å²) in [6.45, 7) is 0.283. The molecule has 0 unspecified atom stereocenters. The van der Waals surface area contributed by atoms with Gasteiger partial charge in [-0.2, -0.15) is 0 Å². The van der Waals surface area contributed by atoms with Crippen LogP contribution in [0.25, 0.3) is 0 Å². The van der Waals surface area contributed by atoms with Crippen LogP contribution in [0.4, 0.5) is 5.69 Å². The number of rotatable bonds is 5. The van der Waals surface area contributed by atoms with E-state index in [0.29, 0.717) is 5.02 Å². The summed E-state index contributed by atoms with van der Waals surface area (Å²) in [5, 5.41) is 12.7. The lowest BCUT2D eigenvalue weighted by Crippen LogP contribution is -2.16. The van der Waals surface area contributed by atoms with Crippen molar-refractivity contribution in [1.29, 1.82) is 0 Å². The Balaban J connectivity index is 1.75. The fourth-order valence-corrected chi connectivity index (χ4v) is 1.67. The molecule has 0 aromatic heterocycles. The first-order valence-electron chi connectivity index (χ1n) is 6.06. The van der Waals surface area contributed by atoms with Gasteiger partial charge in [0.15, 0.2) is 0 Å².